The molecule has 12 heteroatoms. The zero-order valence-corrected chi connectivity index (χ0v) is 16.4. The molecule has 1 saturated carbocycles. The maximum absolute atomic E-state index is 13.4. The van der Waals surface area contributed by atoms with Crippen molar-refractivity contribution in [1.29, 1.82) is 0 Å². The summed E-state index contributed by atoms with van der Waals surface area (Å²) >= 11 is 1.07. The van der Waals surface area contributed by atoms with Crippen LogP contribution >= 0.6 is 11.3 Å². The van der Waals surface area contributed by atoms with Crippen LogP contribution in [0.5, 0.6) is 0 Å². The van der Waals surface area contributed by atoms with Crippen LogP contribution in [0.25, 0.3) is 10.4 Å². The molecule has 1 aromatic carbocycles. The highest BCUT2D eigenvalue weighted by Crippen LogP contribution is 2.45. The summed E-state index contributed by atoms with van der Waals surface area (Å²) in [5, 5.41) is 13.2. The van der Waals surface area contributed by atoms with Crippen LogP contribution in [0.3, 0.4) is 0 Å². The molecule has 0 aliphatic heterocycles. The lowest BCUT2D eigenvalue weighted by atomic mass is 9.81. The van der Waals surface area contributed by atoms with E-state index >= 15 is 0 Å². The highest BCUT2D eigenvalue weighted by Gasteiger charge is 2.39. The molecule has 1 fully saturated rings. The van der Waals surface area contributed by atoms with E-state index in [9.17, 15) is 31.4 Å². The molecule has 5 nitrogen and oxygen atoms in total. The molecule has 0 bridgehead atoms. The Labute approximate surface area is 175 Å². The van der Waals surface area contributed by atoms with Gasteiger partial charge in [0.1, 0.15) is 16.3 Å². The molecule has 1 aliphatic rings. The van der Waals surface area contributed by atoms with Crippen molar-refractivity contribution < 1.29 is 31.4 Å². The molecule has 0 atom stereocenters. The zero-order chi connectivity index (χ0) is 22.4. The van der Waals surface area contributed by atoms with Crippen LogP contribution in [0.1, 0.15) is 35.5 Å². The third-order valence-corrected chi connectivity index (χ3v) is 6.07. The number of nitrogens with one attached hydrogen (secondary N) is 1. The minimum absolute atomic E-state index is 0.138. The second kappa shape index (κ2) is 7.45. The smallest absolute Gasteiger partial charge is 0.383 e. The second-order valence-electron chi connectivity index (χ2n) is 7.10. The van der Waals surface area contributed by atoms with Crippen LogP contribution in [0.2, 0.25) is 0 Å². The van der Waals surface area contributed by atoms with Gasteiger partial charge in [0.05, 0.1) is 10.4 Å². The van der Waals surface area contributed by atoms with Crippen LogP contribution in [0, 0.1) is 0 Å². The van der Waals surface area contributed by atoms with Gasteiger partial charge in [-0.2, -0.15) is 26.3 Å². The van der Waals surface area contributed by atoms with Gasteiger partial charge in [0.15, 0.2) is 0 Å². The first-order valence-corrected chi connectivity index (χ1v) is 9.84. The summed E-state index contributed by atoms with van der Waals surface area (Å²) in [4.78, 5) is 11.5. The summed E-state index contributed by atoms with van der Waals surface area (Å²) < 4.78 is 78.8. The van der Waals surface area contributed by atoms with E-state index < -0.39 is 35.2 Å². The van der Waals surface area contributed by atoms with E-state index in [0.717, 1.165) is 36.1 Å². The van der Waals surface area contributed by atoms with E-state index in [1.807, 2.05) is 0 Å². The third kappa shape index (κ3) is 4.49. The number of aromatic nitrogens is 3. The Morgan fingerprint density at radius 1 is 1.00 bits per heavy atom. The van der Waals surface area contributed by atoms with Gasteiger partial charge in [-0.05, 0) is 49.1 Å². The van der Waals surface area contributed by atoms with Crippen LogP contribution < -0.4 is 5.32 Å². The standard InChI is InChI=1S/C19H14F6N4OS/c20-18(21,22)11-6-10(13-9-27-15(31-13)17(30)3-1-4-17)7-12(8-11)28-16-26-5-2-14(29-16)19(23,24)25/h2,5-9,30H,1,3-4H2,(H,26,28,29). The molecule has 0 spiro atoms. The minimum atomic E-state index is -4.72. The van der Waals surface area contributed by atoms with Crippen molar-refractivity contribution in [1.82, 2.24) is 15.0 Å². The van der Waals surface area contributed by atoms with Gasteiger partial charge in [0.2, 0.25) is 5.95 Å². The molecular weight excluding hydrogens is 446 g/mol. The first kappa shape index (κ1) is 21.5. The average Bonchev–Trinajstić information content (AvgIpc) is 3.15. The maximum Gasteiger partial charge on any atom is 0.433 e. The molecule has 3 aromatic rings. The molecule has 31 heavy (non-hydrogen) atoms. The summed E-state index contributed by atoms with van der Waals surface area (Å²) in [5.74, 6) is -0.492. The number of hydrogen-bond donors (Lipinski definition) is 2. The van der Waals surface area contributed by atoms with Crippen molar-refractivity contribution >= 4 is 23.0 Å². The summed E-state index contributed by atoms with van der Waals surface area (Å²) in [7, 11) is 0. The van der Waals surface area contributed by atoms with Crippen molar-refractivity contribution in [2.24, 2.45) is 0 Å². The van der Waals surface area contributed by atoms with E-state index in [2.05, 4.69) is 20.3 Å². The predicted octanol–water partition coefficient (Wildman–Crippen LogP) is 5.75. The molecule has 0 amide bonds. The topological polar surface area (TPSA) is 70.9 Å². The van der Waals surface area contributed by atoms with Crippen LogP contribution in [-0.2, 0) is 18.0 Å². The Hall–Kier alpha value is -2.73. The summed E-state index contributed by atoms with van der Waals surface area (Å²) in [6.45, 7) is 0. The summed E-state index contributed by atoms with van der Waals surface area (Å²) in [6, 6.07) is 3.67. The largest absolute Gasteiger partial charge is 0.433 e. The normalized spacial score (nSPS) is 16.1. The van der Waals surface area contributed by atoms with Gasteiger partial charge in [-0.1, -0.05) is 0 Å². The third-order valence-electron chi connectivity index (χ3n) is 4.83. The number of aliphatic hydroxyl groups is 1. The Balaban J connectivity index is 1.71. The Morgan fingerprint density at radius 3 is 2.35 bits per heavy atom. The van der Waals surface area contributed by atoms with Crippen LogP contribution in [0.15, 0.2) is 36.7 Å². The zero-order valence-electron chi connectivity index (χ0n) is 15.6. The van der Waals surface area contributed by atoms with Crippen LogP contribution in [-0.4, -0.2) is 20.1 Å². The van der Waals surface area contributed by atoms with E-state index in [1.54, 1.807) is 0 Å². The number of benzene rings is 1. The van der Waals surface area contributed by atoms with E-state index in [0.29, 0.717) is 28.8 Å². The van der Waals surface area contributed by atoms with E-state index in [4.69, 9.17) is 0 Å². The molecule has 2 N–H and O–H groups in total. The lowest BCUT2D eigenvalue weighted by Gasteiger charge is -2.34. The number of halogens is 6. The number of nitrogens with zero attached hydrogens (tertiary/aromatic N) is 3. The highest BCUT2D eigenvalue weighted by atomic mass is 32.1. The molecular formula is C19H14F6N4OS. The highest BCUT2D eigenvalue weighted by molar-refractivity contribution is 7.15. The van der Waals surface area contributed by atoms with E-state index in [1.165, 1.54) is 12.3 Å². The van der Waals surface area contributed by atoms with E-state index in [-0.39, 0.29) is 11.3 Å². The summed E-state index contributed by atoms with van der Waals surface area (Å²) in [5.41, 5.74) is -3.27. The fourth-order valence-corrected chi connectivity index (χ4v) is 4.11. The quantitative estimate of drug-likeness (QED) is 0.485. The second-order valence-corrected chi connectivity index (χ2v) is 8.13. The van der Waals surface area contributed by atoms with Gasteiger partial charge >= 0.3 is 12.4 Å². The van der Waals surface area contributed by atoms with Gasteiger partial charge in [-0.15, -0.1) is 11.3 Å². The van der Waals surface area contributed by atoms with Crippen molar-refractivity contribution in [3.63, 3.8) is 0 Å². The van der Waals surface area contributed by atoms with Gasteiger partial charge < -0.3 is 10.4 Å². The minimum Gasteiger partial charge on any atom is -0.383 e. The SMILES string of the molecule is OC1(c2ncc(-c3cc(Nc4nccc(C(F)(F)F)n4)cc(C(F)(F)F)c3)s2)CCC1. The Kier molecular flexibility index (Phi) is 5.16. The number of rotatable bonds is 4. The van der Waals surface area contributed by atoms with Crippen molar-refractivity contribution in [2.45, 2.75) is 37.2 Å². The molecule has 2 heterocycles. The van der Waals surface area contributed by atoms with Gasteiger partial charge in [-0.3, -0.25) is 0 Å². The average molecular weight is 460 g/mol. The molecule has 1 aliphatic carbocycles. The molecule has 0 radical (unpaired) electrons. The van der Waals surface area contributed by atoms with Crippen molar-refractivity contribution in [2.75, 3.05) is 5.32 Å². The van der Waals surface area contributed by atoms with Gasteiger partial charge in [-0.25, -0.2) is 15.0 Å². The molecule has 0 saturated heterocycles. The van der Waals surface area contributed by atoms with Gasteiger partial charge in [0.25, 0.3) is 0 Å². The molecule has 4 rings (SSSR count). The first-order chi connectivity index (χ1) is 14.4. The molecule has 164 valence electrons. The lowest BCUT2D eigenvalue weighted by Crippen LogP contribution is -2.33. The lowest BCUT2D eigenvalue weighted by molar-refractivity contribution is -0.141. The Bertz CT molecular complexity index is 1110. The fraction of sp³-hybridized carbons (Fsp3) is 0.316. The van der Waals surface area contributed by atoms with Crippen molar-refractivity contribution in [3.8, 4) is 10.4 Å². The number of anilines is 2. The number of thiazole rings is 1. The predicted molar refractivity (Wildman–Crippen MR) is 101 cm³/mol. The van der Waals surface area contributed by atoms with Crippen LogP contribution in [0.4, 0.5) is 38.0 Å². The monoisotopic (exact) mass is 460 g/mol. The summed E-state index contributed by atoms with van der Waals surface area (Å²) in [6.07, 6.45) is -5.29. The molecule has 2 aromatic heterocycles. The molecule has 0 unspecified atom stereocenters. The first-order valence-electron chi connectivity index (χ1n) is 9.03. The maximum atomic E-state index is 13.4. The van der Waals surface area contributed by atoms with Gasteiger partial charge in [0, 0.05) is 18.1 Å². The Morgan fingerprint density at radius 2 is 1.74 bits per heavy atom. The number of hydrogen-bond acceptors (Lipinski definition) is 6. The van der Waals surface area contributed by atoms with Crippen molar-refractivity contribution in [3.05, 3.63) is 52.9 Å². The number of alkyl halides is 6. The fourth-order valence-electron chi connectivity index (χ4n) is 3.06.